The van der Waals surface area contributed by atoms with Gasteiger partial charge >= 0.3 is 0 Å². The molecule has 1 heterocycles. The Hall–Kier alpha value is -0.120. The van der Waals surface area contributed by atoms with Gasteiger partial charge in [0.05, 0.1) is 0 Å². The monoisotopic (exact) mass is 186 g/mol. The topological polar surface area (TPSA) is 38.5 Å². The van der Waals surface area contributed by atoms with E-state index >= 15 is 0 Å². The van der Waals surface area contributed by atoms with Gasteiger partial charge in [0.2, 0.25) is 0 Å². The van der Waals surface area contributed by atoms with Crippen LogP contribution in [0.2, 0.25) is 0 Å². The Labute approximate surface area is 81.2 Å². The van der Waals surface area contributed by atoms with E-state index in [-0.39, 0.29) is 0 Å². The van der Waals surface area contributed by atoms with Crippen LogP contribution in [0.5, 0.6) is 0 Å². The SMILES string of the molecule is COCCCCN1CCC(CN)C1. The van der Waals surface area contributed by atoms with Crippen LogP contribution in [-0.4, -0.2) is 44.8 Å². The van der Waals surface area contributed by atoms with E-state index in [9.17, 15) is 0 Å². The van der Waals surface area contributed by atoms with Gasteiger partial charge in [0.25, 0.3) is 0 Å². The van der Waals surface area contributed by atoms with Crippen LogP contribution in [0, 0.1) is 5.92 Å². The maximum absolute atomic E-state index is 5.63. The van der Waals surface area contributed by atoms with Gasteiger partial charge in [0.1, 0.15) is 0 Å². The van der Waals surface area contributed by atoms with Crippen LogP contribution in [0.1, 0.15) is 19.3 Å². The van der Waals surface area contributed by atoms with Crippen LogP contribution in [0.4, 0.5) is 0 Å². The summed E-state index contributed by atoms with van der Waals surface area (Å²) in [4.78, 5) is 2.52. The fraction of sp³-hybridized carbons (Fsp3) is 1.00. The molecule has 1 rings (SSSR count). The molecule has 3 heteroatoms. The van der Waals surface area contributed by atoms with Crippen LogP contribution >= 0.6 is 0 Å². The second kappa shape index (κ2) is 6.35. The Balaban J connectivity index is 1.97. The van der Waals surface area contributed by atoms with Crippen molar-refractivity contribution in [3.8, 4) is 0 Å². The summed E-state index contributed by atoms with van der Waals surface area (Å²) in [5, 5.41) is 0. The van der Waals surface area contributed by atoms with Gasteiger partial charge in [-0.15, -0.1) is 0 Å². The Morgan fingerprint density at radius 2 is 2.31 bits per heavy atom. The van der Waals surface area contributed by atoms with Crippen LogP contribution in [-0.2, 0) is 4.74 Å². The Morgan fingerprint density at radius 3 is 2.92 bits per heavy atom. The second-order valence-electron chi connectivity index (χ2n) is 3.89. The van der Waals surface area contributed by atoms with Gasteiger partial charge in [0, 0.05) is 20.3 Å². The van der Waals surface area contributed by atoms with E-state index in [1.165, 1.54) is 38.9 Å². The number of unbranched alkanes of at least 4 members (excludes halogenated alkanes) is 1. The summed E-state index contributed by atoms with van der Waals surface area (Å²) in [7, 11) is 1.76. The summed E-state index contributed by atoms with van der Waals surface area (Å²) in [6, 6.07) is 0. The number of nitrogens with zero attached hydrogens (tertiary/aromatic N) is 1. The predicted molar refractivity (Wildman–Crippen MR) is 54.7 cm³/mol. The highest BCUT2D eigenvalue weighted by Crippen LogP contribution is 2.14. The zero-order valence-corrected chi connectivity index (χ0v) is 8.67. The molecule has 1 unspecified atom stereocenters. The molecule has 1 fully saturated rings. The third-order valence-electron chi connectivity index (χ3n) is 2.78. The lowest BCUT2D eigenvalue weighted by Gasteiger charge is -2.14. The van der Waals surface area contributed by atoms with Crippen molar-refractivity contribution in [2.24, 2.45) is 11.7 Å². The van der Waals surface area contributed by atoms with Crippen LogP contribution in [0.25, 0.3) is 0 Å². The molecule has 1 saturated heterocycles. The average molecular weight is 186 g/mol. The van der Waals surface area contributed by atoms with Gasteiger partial charge in [-0.3, -0.25) is 0 Å². The second-order valence-corrected chi connectivity index (χ2v) is 3.89. The molecule has 1 aliphatic rings. The van der Waals surface area contributed by atoms with Crippen LogP contribution in [0.3, 0.4) is 0 Å². The molecule has 2 N–H and O–H groups in total. The normalized spacial score (nSPS) is 24.0. The summed E-state index contributed by atoms with van der Waals surface area (Å²) < 4.78 is 5.01. The number of likely N-dealkylation sites (tertiary alicyclic amines) is 1. The van der Waals surface area contributed by atoms with Crippen molar-refractivity contribution < 1.29 is 4.74 Å². The van der Waals surface area contributed by atoms with Gasteiger partial charge in [-0.05, 0) is 44.8 Å². The third kappa shape index (κ3) is 4.07. The number of rotatable bonds is 6. The molecule has 0 aromatic heterocycles. The standard InChI is InChI=1S/C10H22N2O/c1-13-7-3-2-5-12-6-4-10(8-11)9-12/h10H,2-9,11H2,1H3. The van der Waals surface area contributed by atoms with Crippen LogP contribution in [0.15, 0.2) is 0 Å². The number of methoxy groups -OCH3 is 1. The summed E-state index contributed by atoms with van der Waals surface area (Å²) in [6.45, 7) is 5.43. The van der Waals surface area contributed by atoms with Crippen molar-refractivity contribution in [3.63, 3.8) is 0 Å². The van der Waals surface area contributed by atoms with E-state index in [0.717, 1.165) is 19.1 Å². The average Bonchev–Trinajstić information content (AvgIpc) is 2.60. The molecule has 0 aliphatic carbocycles. The fourth-order valence-electron chi connectivity index (χ4n) is 1.89. The van der Waals surface area contributed by atoms with Crippen LogP contribution < -0.4 is 5.73 Å². The number of ether oxygens (including phenoxy) is 1. The van der Waals surface area contributed by atoms with Crippen molar-refractivity contribution in [1.29, 1.82) is 0 Å². The van der Waals surface area contributed by atoms with E-state index in [4.69, 9.17) is 10.5 Å². The van der Waals surface area contributed by atoms with Crippen molar-refractivity contribution in [1.82, 2.24) is 4.90 Å². The number of hydrogen-bond donors (Lipinski definition) is 1. The molecule has 13 heavy (non-hydrogen) atoms. The van der Waals surface area contributed by atoms with E-state index in [2.05, 4.69) is 4.90 Å². The van der Waals surface area contributed by atoms with Gasteiger partial charge in [-0.2, -0.15) is 0 Å². The molecule has 0 aromatic rings. The maximum atomic E-state index is 5.63. The minimum Gasteiger partial charge on any atom is -0.385 e. The smallest absolute Gasteiger partial charge is 0.0462 e. The maximum Gasteiger partial charge on any atom is 0.0462 e. The summed E-state index contributed by atoms with van der Waals surface area (Å²) in [5.41, 5.74) is 5.63. The first-order valence-corrected chi connectivity index (χ1v) is 5.28. The minimum absolute atomic E-state index is 0.752. The quantitative estimate of drug-likeness (QED) is 0.620. The Bertz CT molecular complexity index is 130. The molecule has 0 amide bonds. The summed E-state index contributed by atoms with van der Waals surface area (Å²) in [5.74, 6) is 0.752. The lowest BCUT2D eigenvalue weighted by atomic mass is 10.1. The van der Waals surface area contributed by atoms with Gasteiger partial charge < -0.3 is 15.4 Å². The van der Waals surface area contributed by atoms with Crippen molar-refractivity contribution in [2.45, 2.75) is 19.3 Å². The fourth-order valence-corrected chi connectivity index (χ4v) is 1.89. The highest BCUT2D eigenvalue weighted by Gasteiger charge is 2.19. The molecule has 0 bridgehead atoms. The molecule has 0 aromatic carbocycles. The zero-order valence-electron chi connectivity index (χ0n) is 8.67. The lowest BCUT2D eigenvalue weighted by molar-refractivity contribution is 0.187. The first kappa shape index (κ1) is 11.0. The Kier molecular flexibility index (Phi) is 5.35. The lowest BCUT2D eigenvalue weighted by Crippen LogP contribution is -2.24. The zero-order chi connectivity index (χ0) is 9.52. The molecule has 0 radical (unpaired) electrons. The van der Waals surface area contributed by atoms with Crippen molar-refractivity contribution >= 4 is 0 Å². The van der Waals surface area contributed by atoms with Crippen molar-refractivity contribution in [3.05, 3.63) is 0 Å². The van der Waals surface area contributed by atoms with E-state index in [0.29, 0.717) is 0 Å². The van der Waals surface area contributed by atoms with Crippen molar-refractivity contribution in [2.75, 3.05) is 39.9 Å². The Morgan fingerprint density at radius 1 is 1.46 bits per heavy atom. The molecule has 1 atom stereocenters. The highest BCUT2D eigenvalue weighted by molar-refractivity contribution is 4.75. The summed E-state index contributed by atoms with van der Waals surface area (Å²) in [6.07, 6.45) is 3.73. The largest absolute Gasteiger partial charge is 0.385 e. The first-order chi connectivity index (χ1) is 6.36. The molecule has 1 aliphatic heterocycles. The highest BCUT2D eigenvalue weighted by atomic mass is 16.5. The summed E-state index contributed by atoms with van der Waals surface area (Å²) >= 11 is 0. The third-order valence-corrected chi connectivity index (χ3v) is 2.78. The number of hydrogen-bond acceptors (Lipinski definition) is 3. The molecule has 0 saturated carbocycles. The predicted octanol–water partition coefficient (Wildman–Crippen LogP) is 0.694. The van der Waals surface area contributed by atoms with Gasteiger partial charge in [-0.25, -0.2) is 0 Å². The molecule has 3 nitrogen and oxygen atoms in total. The van der Waals surface area contributed by atoms with Gasteiger partial charge in [-0.1, -0.05) is 0 Å². The minimum atomic E-state index is 0.752. The molecular weight excluding hydrogens is 164 g/mol. The van der Waals surface area contributed by atoms with E-state index in [1.54, 1.807) is 7.11 Å². The number of nitrogens with two attached hydrogens (primary N) is 1. The molecule has 0 spiro atoms. The molecular formula is C10H22N2O. The van der Waals surface area contributed by atoms with E-state index < -0.39 is 0 Å². The van der Waals surface area contributed by atoms with E-state index in [1.807, 2.05) is 0 Å². The molecule has 78 valence electrons. The first-order valence-electron chi connectivity index (χ1n) is 5.28. The van der Waals surface area contributed by atoms with Gasteiger partial charge in [0.15, 0.2) is 0 Å².